The number of hydrogen-bond donors (Lipinski definition) is 2. The molecular weight excluding hydrogens is 372 g/mol. The summed E-state index contributed by atoms with van der Waals surface area (Å²) in [7, 11) is 1.41. The standard InChI is InChI=1S/C22H24N2O5/c1-29-18-11-10-15(13-17(18)22(27)28)14-23-21(26)20(16-7-3-2-4-8-16)24-12-6-5-9-19(24)25/h2-4,7-8,10-11,13,20H,5-6,9,12,14H2,1H3,(H,23,26)(H,27,28). The molecule has 1 unspecified atom stereocenters. The summed E-state index contributed by atoms with van der Waals surface area (Å²) in [5.41, 5.74) is 1.42. The van der Waals surface area contributed by atoms with Crippen LogP contribution in [-0.4, -0.2) is 41.4 Å². The van der Waals surface area contributed by atoms with E-state index in [-0.39, 0.29) is 29.7 Å². The molecule has 0 aliphatic carbocycles. The molecular formula is C22H24N2O5. The lowest BCUT2D eigenvalue weighted by Crippen LogP contribution is -2.45. The van der Waals surface area contributed by atoms with Gasteiger partial charge in [-0.05, 0) is 36.1 Å². The van der Waals surface area contributed by atoms with Crippen LogP contribution in [0.15, 0.2) is 48.5 Å². The highest BCUT2D eigenvalue weighted by atomic mass is 16.5. The molecule has 1 fully saturated rings. The molecule has 1 aliphatic heterocycles. The molecule has 3 rings (SSSR count). The fourth-order valence-electron chi connectivity index (χ4n) is 3.53. The smallest absolute Gasteiger partial charge is 0.339 e. The summed E-state index contributed by atoms with van der Waals surface area (Å²) in [5, 5.41) is 12.2. The van der Waals surface area contributed by atoms with Crippen molar-refractivity contribution in [3.63, 3.8) is 0 Å². The number of carbonyl (C=O) groups excluding carboxylic acids is 2. The second-order valence-corrected chi connectivity index (χ2v) is 6.92. The number of aromatic carboxylic acids is 1. The third-order valence-electron chi connectivity index (χ3n) is 5.00. The average Bonchev–Trinajstić information content (AvgIpc) is 2.74. The highest BCUT2D eigenvalue weighted by Gasteiger charge is 2.32. The normalized spacial score (nSPS) is 14.9. The quantitative estimate of drug-likeness (QED) is 0.750. The van der Waals surface area contributed by atoms with Crippen molar-refractivity contribution < 1.29 is 24.2 Å². The van der Waals surface area contributed by atoms with Crippen LogP contribution in [0, 0.1) is 0 Å². The lowest BCUT2D eigenvalue weighted by atomic mass is 10.00. The van der Waals surface area contributed by atoms with Gasteiger partial charge in [0.05, 0.1) is 7.11 Å². The molecule has 0 saturated carbocycles. The van der Waals surface area contributed by atoms with E-state index in [4.69, 9.17) is 4.74 Å². The fraction of sp³-hybridized carbons (Fsp3) is 0.318. The third kappa shape index (κ3) is 4.74. The SMILES string of the molecule is COc1ccc(CNC(=O)C(c2ccccc2)N2CCCCC2=O)cc1C(=O)O. The average molecular weight is 396 g/mol. The molecule has 7 heteroatoms. The van der Waals surface area contributed by atoms with E-state index in [1.807, 2.05) is 30.3 Å². The van der Waals surface area contributed by atoms with Crippen LogP contribution in [0.4, 0.5) is 0 Å². The minimum absolute atomic E-state index is 0.0298. The highest BCUT2D eigenvalue weighted by Crippen LogP contribution is 2.26. The first-order chi connectivity index (χ1) is 14.0. The summed E-state index contributed by atoms with van der Waals surface area (Å²) < 4.78 is 5.06. The van der Waals surface area contributed by atoms with Crippen LogP contribution >= 0.6 is 0 Å². The molecule has 152 valence electrons. The van der Waals surface area contributed by atoms with Gasteiger partial charge in [0.25, 0.3) is 0 Å². The number of methoxy groups -OCH3 is 1. The van der Waals surface area contributed by atoms with Crippen molar-refractivity contribution in [2.45, 2.75) is 31.8 Å². The number of nitrogens with one attached hydrogen (secondary N) is 1. The molecule has 29 heavy (non-hydrogen) atoms. The Hall–Kier alpha value is -3.35. The predicted octanol–water partition coefficient (Wildman–Crippen LogP) is 2.76. The lowest BCUT2D eigenvalue weighted by molar-refractivity contribution is -0.142. The minimum Gasteiger partial charge on any atom is -0.496 e. The van der Waals surface area contributed by atoms with Gasteiger partial charge in [-0.1, -0.05) is 36.4 Å². The van der Waals surface area contributed by atoms with Gasteiger partial charge < -0.3 is 20.1 Å². The van der Waals surface area contributed by atoms with Gasteiger partial charge in [0.15, 0.2) is 0 Å². The molecule has 2 aromatic rings. The molecule has 0 bridgehead atoms. The predicted molar refractivity (Wildman–Crippen MR) is 107 cm³/mol. The second-order valence-electron chi connectivity index (χ2n) is 6.92. The van der Waals surface area contributed by atoms with Crippen LogP contribution in [-0.2, 0) is 16.1 Å². The molecule has 1 aliphatic rings. The first kappa shape index (κ1) is 20.4. The first-order valence-electron chi connectivity index (χ1n) is 9.53. The monoisotopic (exact) mass is 396 g/mol. The van der Waals surface area contributed by atoms with Gasteiger partial charge in [-0.15, -0.1) is 0 Å². The van der Waals surface area contributed by atoms with Crippen LogP contribution in [0.1, 0.15) is 46.8 Å². The summed E-state index contributed by atoms with van der Waals surface area (Å²) in [6, 6.07) is 13.2. The molecule has 0 radical (unpaired) electrons. The molecule has 2 amide bonds. The van der Waals surface area contributed by atoms with Gasteiger partial charge in [0.2, 0.25) is 11.8 Å². The van der Waals surface area contributed by atoms with E-state index in [0.717, 1.165) is 18.4 Å². The van der Waals surface area contributed by atoms with Crippen molar-refractivity contribution in [3.8, 4) is 5.75 Å². The van der Waals surface area contributed by atoms with Crippen molar-refractivity contribution in [1.82, 2.24) is 10.2 Å². The Morgan fingerprint density at radius 2 is 1.93 bits per heavy atom. The third-order valence-corrected chi connectivity index (χ3v) is 5.00. The van der Waals surface area contributed by atoms with Gasteiger partial charge in [-0.25, -0.2) is 4.79 Å². The van der Waals surface area contributed by atoms with E-state index in [2.05, 4.69) is 5.32 Å². The van der Waals surface area contributed by atoms with E-state index >= 15 is 0 Å². The van der Waals surface area contributed by atoms with Crippen LogP contribution in [0.25, 0.3) is 0 Å². The Bertz CT molecular complexity index is 897. The van der Waals surface area contributed by atoms with Crippen molar-refractivity contribution in [2.24, 2.45) is 0 Å². The van der Waals surface area contributed by atoms with Crippen LogP contribution in [0.5, 0.6) is 5.75 Å². The van der Waals surface area contributed by atoms with Crippen molar-refractivity contribution in [1.29, 1.82) is 0 Å². The van der Waals surface area contributed by atoms with Crippen LogP contribution < -0.4 is 10.1 Å². The molecule has 2 N–H and O–H groups in total. The number of ether oxygens (including phenoxy) is 1. The summed E-state index contributed by atoms with van der Waals surface area (Å²) in [6.45, 7) is 0.686. The Labute approximate surface area is 169 Å². The van der Waals surface area contributed by atoms with Gasteiger partial charge in [0, 0.05) is 19.5 Å². The van der Waals surface area contributed by atoms with Gasteiger partial charge in [-0.2, -0.15) is 0 Å². The molecule has 2 aromatic carbocycles. The highest BCUT2D eigenvalue weighted by molar-refractivity contribution is 5.91. The maximum Gasteiger partial charge on any atom is 0.339 e. The second kappa shape index (κ2) is 9.23. The number of likely N-dealkylation sites (tertiary alicyclic amines) is 1. The Morgan fingerprint density at radius 1 is 1.17 bits per heavy atom. The number of benzene rings is 2. The maximum absolute atomic E-state index is 13.1. The van der Waals surface area contributed by atoms with Crippen molar-refractivity contribution >= 4 is 17.8 Å². The van der Waals surface area contributed by atoms with Crippen LogP contribution in [0.3, 0.4) is 0 Å². The maximum atomic E-state index is 13.1. The van der Waals surface area contributed by atoms with Crippen LogP contribution in [0.2, 0.25) is 0 Å². The Morgan fingerprint density at radius 3 is 2.59 bits per heavy atom. The number of carboxylic acids is 1. The molecule has 1 heterocycles. The summed E-state index contributed by atoms with van der Waals surface area (Å²) >= 11 is 0. The zero-order chi connectivity index (χ0) is 20.8. The van der Waals surface area contributed by atoms with Crippen molar-refractivity contribution in [3.05, 3.63) is 65.2 Å². The van der Waals surface area contributed by atoms with Gasteiger partial charge in [0.1, 0.15) is 17.4 Å². The molecule has 7 nitrogen and oxygen atoms in total. The minimum atomic E-state index is -1.10. The topological polar surface area (TPSA) is 95.9 Å². The molecule has 0 aromatic heterocycles. The van der Waals surface area contributed by atoms with Crippen molar-refractivity contribution in [2.75, 3.05) is 13.7 Å². The summed E-state index contributed by atoms with van der Waals surface area (Å²) in [4.78, 5) is 38.5. The van der Waals surface area contributed by atoms with E-state index in [1.54, 1.807) is 17.0 Å². The van der Waals surface area contributed by atoms with E-state index in [0.29, 0.717) is 18.5 Å². The Balaban J connectivity index is 1.79. The van der Waals surface area contributed by atoms with E-state index in [9.17, 15) is 19.5 Å². The molecule has 1 atom stereocenters. The van der Waals surface area contributed by atoms with E-state index < -0.39 is 12.0 Å². The Kier molecular flexibility index (Phi) is 6.49. The number of carbonyl (C=O) groups is 3. The van der Waals surface area contributed by atoms with Gasteiger partial charge >= 0.3 is 5.97 Å². The number of nitrogens with zero attached hydrogens (tertiary/aromatic N) is 1. The number of hydrogen-bond acceptors (Lipinski definition) is 4. The van der Waals surface area contributed by atoms with E-state index in [1.165, 1.54) is 13.2 Å². The number of amides is 2. The number of carboxylic acid groups (broad SMARTS) is 1. The molecule has 0 spiro atoms. The largest absolute Gasteiger partial charge is 0.496 e. The summed E-state index contributed by atoms with van der Waals surface area (Å²) in [6.07, 6.45) is 2.14. The zero-order valence-corrected chi connectivity index (χ0v) is 16.3. The zero-order valence-electron chi connectivity index (χ0n) is 16.3. The van der Waals surface area contributed by atoms with Gasteiger partial charge in [-0.3, -0.25) is 9.59 Å². The number of piperidine rings is 1. The first-order valence-corrected chi connectivity index (χ1v) is 9.53. The summed E-state index contributed by atoms with van der Waals surface area (Å²) in [5.74, 6) is -1.17. The fourth-order valence-corrected chi connectivity index (χ4v) is 3.53. The molecule has 1 saturated heterocycles. The number of rotatable bonds is 7. The lowest BCUT2D eigenvalue weighted by Gasteiger charge is -2.34.